The van der Waals surface area contributed by atoms with E-state index in [1.807, 2.05) is 0 Å². The summed E-state index contributed by atoms with van der Waals surface area (Å²) < 4.78 is 0. The van der Waals surface area contributed by atoms with Crippen molar-refractivity contribution in [3.63, 3.8) is 0 Å². The highest BCUT2D eigenvalue weighted by molar-refractivity contribution is 7.09. The van der Waals surface area contributed by atoms with Crippen molar-refractivity contribution < 1.29 is 63.3 Å². The number of nitrogens with one attached hydrogen (secondary N) is 5. The molecule has 22 N–H and O–H groups in total. The first kappa shape index (κ1) is 68.4. The maximum Gasteiger partial charge on any atom is 0.326 e. The van der Waals surface area contributed by atoms with Crippen LogP contribution in [-0.2, 0) is 67.3 Å². The number of hydrogen-bond donors (Lipinski definition) is 15. The Kier molecular flexibility index (Phi) is 25.1. The number of aliphatic imine (C=N–C) groups is 3. The van der Waals surface area contributed by atoms with Gasteiger partial charge in [-0.3, -0.25) is 58.1 Å². The lowest BCUT2D eigenvalue weighted by atomic mass is 9.86. The van der Waals surface area contributed by atoms with E-state index in [1.165, 1.54) is 26.0 Å². The molecular formula is C55H83N19O13S. The van der Waals surface area contributed by atoms with Crippen LogP contribution in [0.4, 0.5) is 0 Å². The minimum Gasteiger partial charge on any atom is -0.480 e. The fraction of sp³-hybridized carbons (Fsp3) is 0.582. The number of carboxylic acids is 1. The quantitative estimate of drug-likeness (QED) is 0.0197. The Bertz CT molecular complexity index is 2920. The molecule has 3 saturated heterocycles. The molecule has 0 bridgehead atoms. The highest BCUT2D eigenvalue weighted by atomic mass is 32.1. The number of likely N-dealkylation sites (tertiary alicyclic amines) is 3. The monoisotopic (exact) mass is 1250 g/mol. The van der Waals surface area contributed by atoms with Gasteiger partial charge in [-0.1, -0.05) is 30.3 Å². The third-order valence-electron chi connectivity index (χ3n) is 15.7. The number of carbonyl (C=O) groups excluding carboxylic acids is 9. The van der Waals surface area contributed by atoms with Crippen molar-refractivity contribution in [3.05, 3.63) is 57.8 Å². The molecular weight excluding hydrogens is 1170 g/mol. The Morgan fingerprint density at radius 1 is 0.705 bits per heavy atom. The van der Waals surface area contributed by atoms with Gasteiger partial charge in [-0.2, -0.15) is 0 Å². The molecule has 0 radical (unpaired) electrons. The zero-order valence-electron chi connectivity index (χ0n) is 48.9. The van der Waals surface area contributed by atoms with Gasteiger partial charge in [-0.25, -0.2) is 4.79 Å². The molecule has 0 aliphatic carbocycles. The summed E-state index contributed by atoms with van der Waals surface area (Å²) >= 11 is 1.27. The summed E-state index contributed by atoms with van der Waals surface area (Å²) in [4.78, 5) is 157. The maximum absolute atomic E-state index is 14.9. The van der Waals surface area contributed by atoms with Crippen molar-refractivity contribution in [1.82, 2.24) is 46.2 Å². The first-order valence-electron chi connectivity index (χ1n) is 29.1. The minimum absolute atomic E-state index is 0.0142. The Hall–Kier alpha value is -8.69. The van der Waals surface area contributed by atoms with Crippen molar-refractivity contribution in [2.75, 3.05) is 59.0 Å². The van der Waals surface area contributed by atoms with Crippen LogP contribution in [0.1, 0.15) is 86.6 Å². The summed E-state index contributed by atoms with van der Waals surface area (Å²) in [5.41, 5.74) is 38.4. The van der Waals surface area contributed by atoms with E-state index in [-0.39, 0.29) is 128 Å². The molecule has 3 fully saturated rings. The number of aliphatic hydroxyl groups excluding tert-OH is 2. The van der Waals surface area contributed by atoms with E-state index >= 15 is 0 Å². The second-order valence-corrected chi connectivity index (χ2v) is 23.2. The lowest BCUT2D eigenvalue weighted by Gasteiger charge is -2.40. The topological polar surface area (TPSA) is 524 Å². The summed E-state index contributed by atoms with van der Waals surface area (Å²) in [5, 5.41) is 46.1. The number of fused-ring (bicyclic) bond motifs is 1. The van der Waals surface area contributed by atoms with E-state index in [9.17, 15) is 63.3 Å². The van der Waals surface area contributed by atoms with E-state index in [4.69, 9.17) is 40.1 Å². The predicted molar refractivity (Wildman–Crippen MR) is 321 cm³/mol. The molecule has 9 amide bonds. The minimum atomic E-state index is -1.65. The number of amides is 9. The number of aliphatic hydroxyl groups is 2. The van der Waals surface area contributed by atoms with Crippen LogP contribution < -0.4 is 66.7 Å². The number of benzene rings is 1. The first-order chi connectivity index (χ1) is 41.9. The third kappa shape index (κ3) is 18.7. The van der Waals surface area contributed by atoms with Crippen LogP contribution in [0.3, 0.4) is 0 Å². The van der Waals surface area contributed by atoms with Crippen LogP contribution in [0.5, 0.6) is 0 Å². The van der Waals surface area contributed by atoms with E-state index in [0.29, 0.717) is 35.3 Å². The van der Waals surface area contributed by atoms with Crippen molar-refractivity contribution in [2.24, 2.45) is 55.1 Å². The Morgan fingerprint density at radius 2 is 1.33 bits per heavy atom. The highest BCUT2D eigenvalue weighted by Crippen LogP contribution is 2.39. The zero-order valence-corrected chi connectivity index (χ0v) is 49.7. The van der Waals surface area contributed by atoms with Crippen molar-refractivity contribution in [3.8, 4) is 0 Å². The average molecular weight is 1250 g/mol. The van der Waals surface area contributed by atoms with Crippen LogP contribution >= 0.6 is 11.3 Å². The lowest BCUT2D eigenvalue weighted by molar-refractivity contribution is -0.154. The van der Waals surface area contributed by atoms with Crippen molar-refractivity contribution >= 4 is 88.3 Å². The Labute approximate surface area is 511 Å². The highest BCUT2D eigenvalue weighted by Gasteiger charge is 2.54. The average Bonchev–Trinajstić information content (AvgIpc) is 1.65. The molecule has 0 saturated carbocycles. The molecule has 32 nitrogen and oxygen atoms in total. The van der Waals surface area contributed by atoms with Crippen LogP contribution in [0.25, 0.3) is 0 Å². The number of hydrogen-bond acceptors (Lipinski definition) is 17. The molecule has 33 heteroatoms. The largest absolute Gasteiger partial charge is 0.480 e. The van der Waals surface area contributed by atoms with Crippen LogP contribution in [0.15, 0.2) is 56.8 Å². The van der Waals surface area contributed by atoms with Crippen LogP contribution in [0, 0.1) is 0 Å². The number of β-amino-alcohol motifs (C(OH)–C–C–N with tert-alkyl or cyclic N) is 1. The first-order valence-corrected chi connectivity index (χ1v) is 30.0. The summed E-state index contributed by atoms with van der Waals surface area (Å²) in [6.07, 6.45) is 0.663. The van der Waals surface area contributed by atoms with Gasteiger partial charge in [0.1, 0.15) is 41.8 Å². The smallest absolute Gasteiger partial charge is 0.326 e. The molecule has 4 aliphatic rings. The Morgan fingerprint density at radius 3 is 1.95 bits per heavy atom. The number of carbonyl (C=O) groups is 10. The number of rotatable bonds is 30. The van der Waals surface area contributed by atoms with Gasteiger partial charge in [0.25, 0.3) is 0 Å². The second-order valence-electron chi connectivity index (χ2n) is 22.2. The second kappa shape index (κ2) is 32.3. The van der Waals surface area contributed by atoms with E-state index in [1.54, 1.807) is 41.8 Å². The zero-order chi connectivity index (χ0) is 64.2. The summed E-state index contributed by atoms with van der Waals surface area (Å²) in [5.74, 6) is -8.46. The molecule has 6 rings (SSSR count). The fourth-order valence-corrected chi connectivity index (χ4v) is 12.2. The molecule has 88 heavy (non-hydrogen) atoms. The van der Waals surface area contributed by atoms with Crippen molar-refractivity contribution in [1.29, 1.82) is 0 Å². The van der Waals surface area contributed by atoms with Crippen LogP contribution in [-0.4, -0.2) is 225 Å². The number of thiophene rings is 1. The molecule has 0 unspecified atom stereocenters. The van der Waals surface area contributed by atoms with E-state index in [2.05, 4.69) is 41.6 Å². The maximum atomic E-state index is 14.9. The molecule has 1 spiro atoms. The molecule has 2 aromatic rings. The van der Waals surface area contributed by atoms with Crippen molar-refractivity contribution in [2.45, 2.75) is 144 Å². The van der Waals surface area contributed by atoms with Gasteiger partial charge in [-0.15, -0.1) is 11.3 Å². The van der Waals surface area contributed by atoms with Crippen LogP contribution in [0.2, 0.25) is 0 Å². The molecule has 4 aliphatic heterocycles. The molecule has 1 aromatic carbocycles. The van der Waals surface area contributed by atoms with Gasteiger partial charge in [0, 0.05) is 70.0 Å². The number of aliphatic carboxylic acids is 1. The Balaban J connectivity index is 1.11. The molecule has 5 heterocycles. The number of nitrogens with zero attached hydrogens (tertiary/aromatic N) is 7. The summed E-state index contributed by atoms with van der Waals surface area (Å²) in [7, 11) is 0. The number of carboxylic acid groups (broad SMARTS) is 1. The summed E-state index contributed by atoms with van der Waals surface area (Å²) in [6, 6.07) is 1.55. The summed E-state index contributed by atoms with van der Waals surface area (Å²) in [6.45, 7) is -1.96. The fourth-order valence-electron chi connectivity index (χ4n) is 11.4. The van der Waals surface area contributed by atoms with Gasteiger partial charge in [-0.05, 0) is 86.8 Å². The number of guanidine groups is 3. The third-order valence-corrected chi connectivity index (χ3v) is 16.6. The van der Waals surface area contributed by atoms with E-state index < -0.39 is 133 Å². The standard InChI is InChI=1S/C55H83N19O13S/c56-35(12-3-17-63-52(57)58)44(79)69-36(13-4-18-64-53(59)60)47(82)72-20-6-15-40(72)49(84)73-28-33(76)23-41(73)46(81)66-26-42(77)68-38(24-34-11-7-22-88-34)45(80)70-39(30-75)48(83)74-21-8-16-55(74)25-31-9-1-2-10-32(31)27-71(51(55)87)29-43(78)67-37(50(85)86)14-5-19-65-54(61)62/h1-2,7,9-11,22,33,35-41,75-76H,3-6,8,12-21,23-30,56H2,(H,66,81)(H,67,78)(H,68,77)(H,69,79)(H,70,80)(H,85,86)(H4,57,58,63)(H4,59,60,64)(H4,61,62,65)/t33-,35-,36+,37+,38+,39+,40+,41+,55+/m1/s1. The SMILES string of the molecule is NC(N)=NCCC[C@@H](N)C(=O)N[C@@H](CCCN=C(N)N)C(=O)N1CCC[C@H]1C(=O)N1C[C@H](O)C[C@H]1C(=O)NCC(=O)N[C@@H](Cc1cccs1)C(=O)N[C@@H](CO)C(=O)N1CCC[C@@]12Cc1ccccc1CN(CC(=O)N[C@@H](CCCN=C(N)N)C(=O)O)C2=O. The van der Waals surface area contributed by atoms with Gasteiger partial charge < -0.3 is 102 Å². The van der Waals surface area contributed by atoms with Gasteiger partial charge in [0.05, 0.1) is 31.8 Å². The molecule has 482 valence electrons. The van der Waals surface area contributed by atoms with Gasteiger partial charge in [0.15, 0.2) is 17.9 Å². The van der Waals surface area contributed by atoms with Gasteiger partial charge >= 0.3 is 5.97 Å². The normalized spacial score (nSPS) is 20.5. The number of nitrogens with two attached hydrogens (primary N) is 7. The lowest BCUT2D eigenvalue weighted by Crippen LogP contribution is -2.64. The molecule has 9 atom stereocenters. The van der Waals surface area contributed by atoms with Gasteiger partial charge in [0.2, 0.25) is 53.2 Å². The molecule has 1 aromatic heterocycles. The predicted octanol–water partition coefficient (Wildman–Crippen LogP) is -6.19. The van der Waals surface area contributed by atoms with E-state index in [0.717, 1.165) is 4.90 Å².